The Morgan fingerprint density at radius 2 is 2.03 bits per heavy atom. The van der Waals surface area contributed by atoms with Gasteiger partial charge < -0.3 is 0 Å². The Kier molecular flexibility index (Phi) is 6.46. The van der Waals surface area contributed by atoms with Crippen LogP contribution in [0.25, 0.3) is 16.3 Å². The molecule has 4 rings (SSSR count). The summed E-state index contributed by atoms with van der Waals surface area (Å²) in [4.78, 5) is 29.2. The first-order chi connectivity index (χ1) is 16.2. The predicted octanol–water partition coefficient (Wildman–Crippen LogP) is 5.04. The van der Waals surface area contributed by atoms with E-state index < -0.39 is 22.5 Å². The number of aryl methyl sites for hydroxylation is 2. The van der Waals surface area contributed by atoms with Gasteiger partial charge in [-0.3, -0.25) is 24.5 Å². The highest BCUT2D eigenvalue weighted by molar-refractivity contribution is 7.22. The van der Waals surface area contributed by atoms with Gasteiger partial charge in [-0.25, -0.2) is 13.8 Å². The molecular weight excluding hydrogens is 464 g/mol. The summed E-state index contributed by atoms with van der Waals surface area (Å²) in [5, 5.41) is 15.6. The molecule has 8 nitrogen and oxygen atoms in total. The Labute approximate surface area is 196 Å². The molecule has 0 saturated carbocycles. The van der Waals surface area contributed by atoms with Crippen LogP contribution < -0.4 is 4.90 Å². The molecule has 34 heavy (non-hydrogen) atoms. The van der Waals surface area contributed by atoms with Crippen molar-refractivity contribution in [2.45, 2.75) is 20.4 Å². The Bertz CT molecular complexity index is 1430. The third kappa shape index (κ3) is 4.99. The van der Waals surface area contributed by atoms with Gasteiger partial charge in [0.2, 0.25) is 0 Å². The summed E-state index contributed by atoms with van der Waals surface area (Å²) in [6, 6.07) is 9.68. The summed E-state index contributed by atoms with van der Waals surface area (Å²) in [5.41, 5.74) is 2.10. The van der Waals surface area contributed by atoms with Gasteiger partial charge in [-0.15, -0.1) is 0 Å². The molecule has 0 aliphatic heterocycles. The third-order valence-electron chi connectivity index (χ3n) is 5.04. The van der Waals surface area contributed by atoms with Crippen LogP contribution in [-0.4, -0.2) is 32.1 Å². The van der Waals surface area contributed by atoms with Gasteiger partial charge in [0.1, 0.15) is 11.3 Å². The maximum Gasteiger partial charge on any atom is 0.270 e. The molecule has 0 fully saturated rings. The molecule has 0 bridgehead atoms. The maximum atomic E-state index is 14.2. The van der Waals surface area contributed by atoms with Crippen molar-refractivity contribution < 1.29 is 18.5 Å². The molecular formula is C23H19F2N5O3S. The second-order valence-corrected chi connectivity index (χ2v) is 8.57. The second-order valence-electron chi connectivity index (χ2n) is 7.56. The average molecular weight is 484 g/mol. The summed E-state index contributed by atoms with van der Waals surface area (Å²) < 4.78 is 29.9. The number of benzene rings is 2. The van der Waals surface area contributed by atoms with E-state index in [0.717, 1.165) is 28.8 Å². The summed E-state index contributed by atoms with van der Waals surface area (Å²) in [7, 11) is 0. The second kappa shape index (κ2) is 9.48. The number of fused-ring (bicyclic) bond motifs is 1. The van der Waals surface area contributed by atoms with Gasteiger partial charge in [0.15, 0.2) is 10.9 Å². The van der Waals surface area contributed by atoms with E-state index in [9.17, 15) is 23.7 Å². The molecule has 0 unspecified atom stereocenters. The fourth-order valence-corrected chi connectivity index (χ4v) is 4.49. The number of hydrogen-bond donors (Lipinski definition) is 0. The Hall–Kier alpha value is -3.99. The zero-order valence-electron chi connectivity index (χ0n) is 18.2. The number of amides is 1. The van der Waals surface area contributed by atoms with Crippen molar-refractivity contribution in [3.8, 4) is 0 Å². The van der Waals surface area contributed by atoms with Crippen molar-refractivity contribution in [3.05, 3.63) is 87.2 Å². The first kappa shape index (κ1) is 23.2. The van der Waals surface area contributed by atoms with E-state index in [0.29, 0.717) is 12.1 Å². The van der Waals surface area contributed by atoms with E-state index in [1.54, 1.807) is 10.7 Å². The van der Waals surface area contributed by atoms with Crippen molar-refractivity contribution in [3.63, 3.8) is 0 Å². The molecule has 174 valence electrons. The van der Waals surface area contributed by atoms with E-state index in [4.69, 9.17) is 0 Å². The molecule has 2 aromatic heterocycles. The Balaban J connectivity index is 1.66. The summed E-state index contributed by atoms with van der Waals surface area (Å²) in [6.45, 7) is 4.27. The standard InChI is InChI=1S/C23H19F2N5O3S/c1-14-10-15(2)29(27-14)9-8-28(23-26-22-19(25)12-17(24)13-20(22)34-23)21(31)7-6-16-4-3-5-18(11-16)30(32)33/h3-7,10-13H,8-9H2,1-2H3/b7-6+. The molecule has 0 radical (unpaired) electrons. The number of rotatable bonds is 7. The van der Waals surface area contributed by atoms with Gasteiger partial charge in [-0.1, -0.05) is 23.5 Å². The van der Waals surface area contributed by atoms with Crippen LogP contribution in [-0.2, 0) is 11.3 Å². The Morgan fingerprint density at radius 3 is 2.74 bits per heavy atom. The van der Waals surface area contributed by atoms with Crippen LogP contribution in [0.3, 0.4) is 0 Å². The number of aromatic nitrogens is 3. The fourth-order valence-electron chi connectivity index (χ4n) is 3.46. The van der Waals surface area contributed by atoms with Crippen LogP contribution >= 0.6 is 11.3 Å². The number of nitrogens with zero attached hydrogens (tertiary/aromatic N) is 5. The molecule has 0 atom stereocenters. The molecule has 0 N–H and O–H groups in total. The summed E-state index contributed by atoms with van der Waals surface area (Å²) in [6.07, 6.45) is 2.72. The van der Waals surface area contributed by atoms with Crippen LogP contribution in [0.1, 0.15) is 17.0 Å². The minimum absolute atomic E-state index is 0.0204. The van der Waals surface area contributed by atoms with Crippen LogP contribution in [0.15, 0.2) is 48.5 Å². The number of non-ortho nitro benzene ring substituents is 1. The third-order valence-corrected chi connectivity index (χ3v) is 6.06. The quantitative estimate of drug-likeness (QED) is 0.208. The van der Waals surface area contributed by atoms with Crippen molar-refractivity contribution in [2.24, 2.45) is 0 Å². The van der Waals surface area contributed by atoms with Crippen molar-refractivity contribution in [2.75, 3.05) is 11.4 Å². The molecule has 0 spiro atoms. The lowest BCUT2D eigenvalue weighted by atomic mass is 10.2. The largest absolute Gasteiger partial charge is 0.283 e. The van der Waals surface area contributed by atoms with E-state index in [1.807, 2.05) is 19.9 Å². The van der Waals surface area contributed by atoms with Gasteiger partial charge in [0.05, 0.1) is 21.9 Å². The number of carbonyl (C=O) groups excluding carboxylic acids is 1. The average Bonchev–Trinajstić information content (AvgIpc) is 3.35. The number of hydrogen-bond acceptors (Lipinski definition) is 6. The highest BCUT2D eigenvalue weighted by Gasteiger charge is 2.20. The minimum atomic E-state index is -0.810. The smallest absolute Gasteiger partial charge is 0.270 e. The van der Waals surface area contributed by atoms with Crippen LogP contribution in [0, 0.1) is 35.6 Å². The lowest BCUT2D eigenvalue weighted by Crippen LogP contribution is -2.33. The molecule has 2 heterocycles. The maximum absolute atomic E-state index is 14.2. The lowest BCUT2D eigenvalue weighted by molar-refractivity contribution is -0.384. The fraction of sp³-hybridized carbons (Fsp3) is 0.174. The number of thiazole rings is 1. The van der Waals surface area contributed by atoms with E-state index in [2.05, 4.69) is 10.1 Å². The predicted molar refractivity (Wildman–Crippen MR) is 126 cm³/mol. The number of nitro groups is 1. The molecule has 4 aromatic rings. The van der Waals surface area contributed by atoms with E-state index in [1.165, 1.54) is 41.3 Å². The van der Waals surface area contributed by atoms with E-state index in [-0.39, 0.29) is 27.6 Å². The van der Waals surface area contributed by atoms with Crippen molar-refractivity contribution in [1.82, 2.24) is 14.8 Å². The number of carbonyl (C=O) groups is 1. The normalized spacial score (nSPS) is 11.4. The van der Waals surface area contributed by atoms with Crippen LogP contribution in [0.2, 0.25) is 0 Å². The topological polar surface area (TPSA) is 94.2 Å². The first-order valence-corrected chi connectivity index (χ1v) is 11.0. The SMILES string of the molecule is Cc1cc(C)n(CCN(C(=O)/C=C/c2cccc([N+](=O)[O-])c2)c2nc3c(F)cc(F)cc3s2)n1. The highest BCUT2D eigenvalue weighted by atomic mass is 32.1. The summed E-state index contributed by atoms with van der Waals surface area (Å²) >= 11 is 0.996. The number of nitro benzene ring substituents is 1. The highest BCUT2D eigenvalue weighted by Crippen LogP contribution is 2.31. The van der Waals surface area contributed by atoms with E-state index >= 15 is 0 Å². The Morgan fingerprint density at radius 1 is 1.24 bits per heavy atom. The zero-order valence-corrected chi connectivity index (χ0v) is 19.1. The minimum Gasteiger partial charge on any atom is -0.283 e. The molecule has 11 heteroatoms. The molecule has 0 aliphatic carbocycles. The first-order valence-electron chi connectivity index (χ1n) is 10.2. The van der Waals surface area contributed by atoms with Crippen LogP contribution in [0.4, 0.5) is 19.6 Å². The van der Waals surface area contributed by atoms with Gasteiger partial charge >= 0.3 is 0 Å². The molecule has 0 saturated heterocycles. The number of halogens is 2. The zero-order chi connectivity index (χ0) is 24.4. The van der Waals surface area contributed by atoms with Crippen molar-refractivity contribution in [1.29, 1.82) is 0 Å². The van der Waals surface area contributed by atoms with Gasteiger partial charge in [0.25, 0.3) is 11.6 Å². The molecule has 1 amide bonds. The monoisotopic (exact) mass is 483 g/mol. The molecule has 2 aromatic carbocycles. The van der Waals surface area contributed by atoms with Gasteiger partial charge in [-0.05, 0) is 37.6 Å². The van der Waals surface area contributed by atoms with Gasteiger partial charge in [0, 0.05) is 36.5 Å². The van der Waals surface area contributed by atoms with Crippen molar-refractivity contribution >= 4 is 44.4 Å². The van der Waals surface area contributed by atoms with Crippen LogP contribution in [0.5, 0.6) is 0 Å². The summed E-state index contributed by atoms with van der Waals surface area (Å²) in [5.74, 6) is -2.00. The lowest BCUT2D eigenvalue weighted by Gasteiger charge is -2.18. The number of anilines is 1. The molecule has 0 aliphatic rings. The van der Waals surface area contributed by atoms with Gasteiger partial charge in [-0.2, -0.15) is 5.10 Å².